The van der Waals surface area contributed by atoms with Gasteiger partial charge >= 0.3 is 0 Å². The second-order valence-corrected chi connectivity index (χ2v) is 5.97. The second-order valence-electron chi connectivity index (χ2n) is 4.96. The highest BCUT2D eigenvalue weighted by atomic mass is 32.1. The summed E-state index contributed by atoms with van der Waals surface area (Å²) in [5.74, 6) is -1.73. The Bertz CT molecular complexity index is 939. The molecule has 3 nitrogen and oxygen atoms in total. The zero-order chi connectivity index (χ0) is 15.9. The number of carbonyl (C=O) groups excluding carboxylic acids is 1. The molecule has 0 saturated carbocycles. The minimum absolute atomic E-state index is 0.238. The van der Waals surface area contributed by atoms with Crippen molar-refractivity contribution >= 4 is 27.5 Å². The lowest BCUT2D eigenvalue weighted by molar-refractivity contribution is 0.0998. The van der Waals surface area contributed by atoms with Crippen molar-refractivity contribution in [3.05, 3.63) is 64.0 Å². The summed E-state index contributed by atoms with van der Waals surface area (Å²) in [6, 6.07) is 9.08. The summed E-state index contributed by atoms with van der Waals surface area (Å²) in [6.07, 6.45) is 0. The maximum Gasteiger partial charge on any atom is 0.279 e. The molecule has 0 bridgehead atoms. The summed E-state index contributed by atoms with van der Waals surface area (Å²) in [6.45, 7) is 1.93. The van der Waals surface area contributed by atoms with Gasteiger partial charge in [0.05, 0.1) is 10.2 Å². The monoisotopic (exact) mass is 318 g/mol. The number of fused-ring (bicyclic) bond motifs is 1. The largest absolute Gasteiger partial charge is 0.317 e. The minimum atomic E-state index is -0.669. The standard InChI is InChI=1S/C16H12F2N2OS/c1-9-3-5-10(6-4-9)15(21)19-16-20(2)14-12(18)7-11(17)8-13(14)22-16/h3-8H,1-2H3. The fraction of sp³-hybridized carbons (Fsp3) is 0.125. The Kier molecular flexibility index (Phi) is 3.62. The highest BCUT2D eigenvalue weighted by Crippen LogP contribution is 2.21. The van der Waals surface area contributed by atoms with Crippen molar-refractivity contribution in [2.24, 2.45) is 12.0 Å². The van der Waals surface area contributed by atoms with Crippen LogP contribution in [0.15, 0.2) is 41.4 Å². The molecule has 0 aliphatic heterocycles. The molecule has 6 heteroatoms. The Balaban J connectivity index is 2.13. The molecule has 112 valence electrons. The van der Waals surface area contributed by atoms with Crippen LogP contribution in [0.1, 0.15) is 15.9 Å². The van der Waals surface area contributed by atoms with E-state index in [-0.39, 0.29) is 5.52 Å². The van der Waals surface area contributed by atoms with Gasteiger partial charge in [0.15, 0.2) is 10.6 Å². The van der Waals surface area contributed by atoms with Crippen molar-refractivity contribution in [1.82, 2.24) is 4.57 Å². The zero-order valence-corrected chi connectivity index (χ0v) is 12.7. The van der Waals surface area contributed by atoms with Crippen LogP contribution in [0.5, 0.6) is 0 Å². The van der Waals surface area contributed by atoms with E-state index in [0.717, 1.165) is 23.0 Å². The van der Waals surface area contributed by atoms with E-state index in [4.69, 9.17) is 0 Å². The van der Waals surface area contributed by atoms with E-state index in [1.165, 1.54) is 10.6 Å². The summed E-state index contributed by atoms with van der Waals surface area (Å²) >= 11 is 1.07. The van der Waals surface area contributed by atoms with Crippen LogP contribution in [0.3, 0.4) is 0 Å². The van der Waals surface area contributed by atoms with Gasteiger partial charge in [0.25, 0.3) is 5.91 Å². The van der Waals surface area contributed by atoms with Crippen molar-refractivity contribution in [1.29, 1.82) is 0 Å². The van der Waals surface area contributed by atoms with E-state index in [2.05, 4.69) is 4.99 Å². The number of halogens is 2. The number of nitrogens with zero attached hydrogens (tertiary/aromatic N) is 2. The number of aryl methyl sites for hydroxylation is 2. The summed E-state index contributed by atoms with van der Waals surface area (Å²) in [5.41, 5.74) is 1.73. The Morgan fingerprint density at radius 1 is 1.18 bits per heavy atom. The number of aromatic nitrogens is 1. The molecular weight excluding hydrogens is 306 g/mol. The Hall–Kier alpha value is -2.34. The molecule has 22 heavy (non-hydrogen) atoms. The van der Waals surface area contributed by atoms with Gasteiger partial charge in [-0.1, -0.05) is 29.0 Å². The molecular formula is C16H12F2N2OS. The SMILES string of the molecule is Cc1ccc(C(=O)N=c2sc3cc(F)cc(F)c3n2C)cc1. The number of thiazole rings is 1. The van der Waals surface area contributed by atoms with Crippen LogP contribution >= 0.6 is 11.3 Å². The van der Waals surface area contributed by atoms with Gasteiger partial charge in [-0.25, -0.2) is 8.78 Å². The van der Waals surface area contributed by atoms with Gasteiger partial charge < -0.3 is 4.57 Å². The third-order valence-electron chi connectivity index (χ3n) is 3.31. The van der Waals surface area contributed by atoms with E-state index < -0.39 is 17.5 Å². The number of hydrogen-bond donors (Lipinski definition) is 0. The fourth-order valence-electron chi connectivity index (χ4n) is 2.15. The van der Waals surface area contributed by atoms with Crippen molar-refractivity contribution in [3.8, 4) is 0 Å². The van der Waals surface area contributed by atoms with Crippen LogP contribution in [0.4, 0.5) is 8.78 Å². The lowest BCUT2D eigenvalue weighted by Crippen LogP contribution is -2.13. The molecule has 0 aliphatic rings. The van der Waals surface area contributed by atoms with Gasteiger partial charge in [-0.2, -0.15) is 4.99 Å². The van der Waals surface area contributed by atoms with E-state index in [0.29, 0.717) is 15.1 Å². The number of amides is 1. The topological polar surface area (TPSA) is 34.4 Å². The number of rotatable bonds is 1. The third-order valence-corrected chi connectivity index (χ3v) is 4.39. The molecule has 1 amide bonds. The second kappa shape index (κ2) is 5.46. The Morgan fingerprint density at radius 3 is 2.55 bits per heavy atom. The predicted octanol–water partition coefficient (Wildman–Crippen LogP) is 3.57. The average molecular weight is 318 g/mol. The lowest BCUT2D eigenvalue weighted by atomic mass is 10.1. The quantitative estimate of drug-likeness (QED) is 0.675. The fourth-order valence-corrected chi connectivity index (χ4v) is 3.21. The normalized spacial score (nSPS) is 12.1. The van der Waals surface area contributed by atoms with Crippen molar-refractivity contribution < 1.29 is 13.6 Å². The highest BCUT2D eigenvalue weighted by molar-refractivity contribution is 7.16. The molecule has 1 aromatic heterocycles. The number of benzene rings is 2. The summed E-state index contributed by atoms with van der Waals surface area (Å²) < 4.78 is 29.0. The number of hydrogen-bond acceptors (Lipinski definition) is 2. The van der Waals surface area contributed by atoms with Gasteiger partial charge in [-0.3, -0.25) is 4.79 Å². The van der Waals surface area contributed by atoms with E-state index in [9.17, 15) is 13.6 Å². The summed E-state index contributed by atoms with van der Waals surface area (Å²) in [5, 5.41) is 0. The predicted molar refractivity (Wildman–Crippen MR) is 81.8 cm³/mol. The van der Waals surface area contributed by atoms with Gasteiger partial charge in [0.2, 0.25) is 0 Å². The highest BCUT2D eigenvalue weighted by Gasteiger charge is 2.12. The van der Waals surface area contributed by atoms with Crippen LogP contribution in [-0.4, -0.2) is 10.5 Å². The van der Waals surface area contributed by atoms with Crippen LogP contribution in [0, 0.1) is 18.6 Å². The molecule has 0 fully saturated rings. The van der Waals surface area contributed by atoms with E-state index in [1.807, 2.05) is 19.1 Å². The third kappa shape index (κ3) is 2.57. The molecule has 3 rings (SSSR count). The smallest absolute Gasteiger partial charge is 0.279 e. The summed E-state index contributed by atoms with van der Waals surface area (Å²) in [4.78, 5) is 16.5. The first-order valence-corrected chi connectivity index (χ1v) is 7.37. The minimum Gasteiger partial charge on any atom is -0.317 e. The Morgan fingerprint density at radius 2 is 1.86 bits per heavy atom. The number of carbonyl (C=O) groups is 1. The van der Waals surface area contributed by atoms with E-state index in [1.54, 1.807) is 19.2 Å². The van der Waals surface area contributed by atoms with Crippen molar-refractivity contribution in [2.75, 3.05) is 0 Å². The molecule has 3 aromatic rings. The first kappa shape index (κ1) is 14.6. The molecule has 0 N–H and O–H groups in total. The maximum atomic E-state index is 13.8. The molecule has 0 aliphatic carbocycles. The van der Waals surface area contributed by atoms with Gasteiger partial charge in [0.1, 0.15) is 5.82 Å². The average Bonchev–Trinajstić information content (AvgIpc) is 2.75. The molecule has 0 spiro atoms. The Labute approximate surface area is 129 Å². The van der Waals surface area contributed by atoms with Crippen LogP contribution in [0.25, 0.3) is 10.2 Å². The summed E-state index contributed by atoms with van der Waals surface area (Å²) in [7, 11) is 1.60. The van der Waals surface area contributed by atoms with Crippen LogP contribution < -0.4 is 4.80 Å². The van der Waals surface area contributed by atoms with E-state index >= 15 is 0 Å². The lowest BCUT2D eigenvalue weighted by Gasteiger charge is -1.98. The molecule has 0 atom stereocenters. The van der Waals surface area contributed by atoms with Crippen LogP contribution in [-0.2, 0) is 7.05 Å². The molecule has 0 unspecified atom stereocenters. The molecule has 2 aromatic carbocycles. The van der Waals surface area contributed by atoms with Gasteiger partial charge in [-0.05, 0) is 25.1 Å². The first-order chi connectivity index (χ1) is 10.5. The van der Waals surface area contributed by atoms with Crippen LogP contribution in [0.2, 0.25) is 0 Å². The molecule has 0 radical (unpaired) electrons. The molecule has 0 saturated heterocycles. The van der Waals surface area contributed by atoms with Gasteiger partial charge in [0, 0.05) is 18.7 Å². The van der Waals surface area contributed by atoms with Crippen molar-refractivity contribution in [2.45, 2.75) is 6.92 Å². The maximum absolute atomic E-state index is 13.8. The first-order valence-electron chi connectivity index (χ1n) is 6.56. The van der Waals surface area contributed by atoms with Gasteiger partial charge in [-0.15, -0.1) is 0 Å². The molecule has 1 heterocycles. The zero-order valence-electron chi connectivity index (χ0n) is 11.9. The van der Waals surface area contributed by atoms with Crippen molar-refractivity contribution in [3.63, 3.8) is 0 Å².